The lowest BCUT2D eigenvalue weighted by Crippen LogP contribution is -2.25. The Morgan fingerprint density at radius 3 is 2.75 bits per heavy atom. The van der Waals surface area contributed by atoms with Crippen molar-refractivity contribution in [2.24, 2.45) is 0 Å². The number of pyridine rings is 2. The van der Waals surface area contributed by atoms with E-state index in [0.717, 1.165) is 24.0 Å². The molecule has 3 aromatic heterocycles. The summed E-state index contributed by atoms with van der Waals surface area (Å²) in [6, 6.07) is 11.6. The lowest BCUT2D eigenvalue weighted by molar-refractivity contribution is 0.0954. The summed E-state index contributed by atoms with van der Waals surface area (Å²) in [5.41, 5.74) is 3.33. The third-order valence-electron chi connectivity index (χ3n) is 4.40. The summed E-state index contributed by atoms with van der Waals surface area (Å²) >= 11 is 0. The zero-order valence-corrected chi connectivity index (χ0v) is 15.0. The second-order valence-electron chi connectivity index (χ2n) is 6.37. The molecule has 0 atom stereocenters. The summed E-state index contributed by atoms with van der Waals surface area (Å²) in [6.45, 7) is 0.548. The van der Waals surface area contributed by atoms with E-state index in [0.29, 0.717) is 29.1 Å². The van der Waals surface area contributed by atoms with Crippen LogP contribution in [0.2, 0.25) is 0 Å². The number of amides is 1. The number of aromatic nitrogens is 4. The average molecular weight is 375 g/mol. The SMILES string of the molecule is O=C(NCCCc1cccnc1)c1ccnc2[nH]c(-c3ccc(F)cc3)nc12. The van der Waals surface area contributed by atoms with Crippen LogP contribution < -0.4 is 5.32 Å². The minimum absolute atomic E-state index is 0.198. The highest BCUT2D eigenvalue weighted by Crippen LogP contribution is 2.21. The first-order valence-electron chi connectivity index (χ1n) is 8.98. The van der Waals surface area contributed by atoms with E-state index in [9.17, 15) is 9.18 Å². The van der Waals surface area contributed by atoms with E-state index < -0.39 is 0 Å². The van der Waals surface area contributed by atoms with Gasteiger partial charge in [-0.25, -0.2) is 14.4 Å². The van der Waals surface area contributed by atoms with Gasteiger partial charge in [0.15, 0.2) is 5.65 Å². The van der Waals surface area contributed by atoms with E-state index in [2.05, 4.69) is 25.3 Å². The van der Waals surface area contributed by atoms with Crippen LogP contribution in [-0.2, 0) is 6.42 Å². The van der Waals surface area contributed by atoms with Crippen LogP contribution in [0.3, 0.4) is 0 Å². The molecule has 140 valence electrons. The summed E-state index contributed by atoms with van der Waals surface area (Å²) in [5, 5.41) is 2.93. The van der Waals surface area contributed by atoms with Crippen molar-refractivity contribution in [1.82, 2.24) is 25.3 Å². The summed E-state index contributed by atoms with van der Waals surface area (Å²) in [4.78, 5) is 28.5. The van der Waals surface area contributed by atoms with Crippen LogP contribution in [0, 0.1) is 5.82 Å². The molecule has 1 amide bonds. The Morgan fingerprint density at radius 2 is 1.96 bits per heavy atom. The first-order chi connectivity index (χ1) is 13.7. The standard InChI is InChI=1S/C21H18FN5O/c22-16-7-5-15(6-8-16)19-26-18-17(9-12-24-20(18)27-19)21(28)25-11-2-4-14-3-1-10-23-13-14/h1,3,5-10,12-13H,2,4,11H2,(H,25,28)(H,24,26,27). The number of halogens is 1. The number of rotatable bonds is 6. The molecule has 0 radical (unpaired) electrons. The van der Waals surface area contributed by atoms with Gasteiger partial charge in [-0.3, -0.25) is 9.78 Å². The van der Waals surface area contributed by atoms with Crippen molar-refractivity contribution in [2.45, 2.75) is 12.8 Å². The molecule has 4 rings (SSSR count). The van der Waals surface area contributed by atoms with Gasteiger partial charge in [0, 0.05) is 30.7 Å². The molecule has 1 aromatic carbocycles. The number of fused-ring (bicyclic) bond motifs is 1. The maximum atomic E-state index is 13.1. The lowest BCUT2D eigenvalue weighted by Gasteiger charge is -2.05. The number of carbonyl (C=O) groups is 1. The summed E-state index contributed by atoms with van der Waals surface area (Å²) in [7, 11) is 0. The number of carbonyl (C=O) groups excluding carboxylic acids is 1. The topological polar surface area (TPSA) is 83.6 Å². The molecule has 0 aliphatic carbocycles. The molecule has 4 aromatic rings. The predicted octanol–water partition coefficient (Wildman–Crippen LogP) is 3.52. The van der Waals surface area contributed by atoms with E-state index in [-0.39, 0.29) is 11.7 Å². The zero-order valence-electron chi connectivity index (χ0n) is 15.0. The summed E-state index contributed by atoms with van der Waals surface area (Å²) in [5.74, 6) is 0.0272. The number of nitrogens with one attached hydrogen (secondary N) is 2. The van der Waals surface area contributed by atoms with Crippen molar-refractivity contribution in [3.8, 4) is 11.4 Å². The lowest BCUT2D eigenvalue weighted by atomic mass is 10.1. The molecule has 3 heterocycles. The van der Waals surface area contributed by atoms with Crippen LogP contribution in [-0.4, -0.2) is 32.4 Å². The second kappa shape index (κ2) is 7.96. The molecule has 0 aliphatic rings. The van der Waals surface area contributed by atoms with Crippen molar-refractivity contribution < 1.29 is 9.18 Å². The number of hydrogen-bond donors (Lipinski definition) is 2. The molecule has 7 heteroatoms. The molecule has 2 N–H and O–H groups in total. The highest BCUT2D eigenvalue weighted by Gasteiger charge is 2.15. The van der Waals surface area contributed by atoms with Crippen molar-refractivity contribution in [3.63, 3.8) is 0 Å². The quantitative estimate of drug-likeness (QED) is 0.505. The minimum atomic E-state index is -0.315. The Kier molecular flexibility index (Phi) is 5.05. The van der Waals surface area contributed by atoms with E-state index in [4.69, 9.17) is 0 Å². The Hall–Kier alpha value is -3.61. The van der Waals surface area contributed by atoms with Gasteiger partial charge in [-0.1, -0.05) is 6.07 Å². The third-order valence-corrected chi connectivity index (χ3v) is 4.40. The van der Waals surface area contributed by atoms with Gasteiger partial charge in [0.05, 0.1) is 5.56 Å². The van der Waals surface area contributed by atoms with Gasteiger partial charge in [-0.05, 0) is 54.8 Å². The Bertz CT molecular complexity index is 1090. The molecule has 28 heavy (non-hydrogen) atoms. The van der Waals surface area contributed by atoms with Gasteiger partial charge in [0.25, 0.3) is 5.91 Å². The van der Waals surface area contributed by atoms with Gasteiger partial charge in [0.1, 0.15) is 17.2 Å². The fourth-order valence-corrected chi connectivity index (χ4v) is 2.97. The fraction of sp³-hybridized carbons (Fsp3) is 0.143. The van der Waals surface area contributed by atoms with Gasteiger partial charge in [0.2, 0.25) is 0 Å². The summed E-state index contributed by atoms with van der Waals surface area (Å²) in [6.07, 6.45) is 6.79. The Labute approximate surface area is 160 Å². The highest BCUT2D eigenvalue weighted by molar-refractivity contribution is 6.04. The molecule has 0 unspecified atom stereocenters. The average Bonchev–Trinajstić information content (AvgIpc) is 3.16. The van der Waals surface area contributed by atoms with Crippen LogP contribution in [0.15, 0.2) is 61.1 Å². The van der Waals surface area contributed by atoms with Crippen LogP contribution in [0.25, 0.3) is 22.6 Å². The van der Waals surface area contributed by atoms with Crippen molar-refractivity contribution in [2.75, 3.05) is 6.54 Å². The summed E-state index contributed by atoms with van der Waals surface area (Å²) < 4.78 is 13.1. The number of aryl methyl sites for hydroxylation is 1. The Morgan fingerprint density at radius 1 is 1.11 bits per heavy atom. The van der Waals surface area contributed by atoms with E-state index in [1.807, 2.05) is 18.3 Å². The molecule has 0 spiro atoms. The third kappa shape index (κ3) is 3.88. The van der Waals surface area contributed by atoms with Crippen molar-refractivity contribution in [3.05, 3.63) is 78.0 Å². The monoisotopic (exact) mass is 375 g/mol. The molecule has 0 saturated heterocycles. The van der Waals surface area contributed by atoms with E-state index in [1.54, 1.807) is 30.6 Å². The fourth-order valence-electron chi connectivity index (χ4n) is 2.97. The van der Waals surface area contributed by atoms with Gasteiger partial charge >= 0.3 is 0 Å². The zero-order chi connectivity index (χ0) is 19.3. The minimum Gasteiger partial charge on any atom is -0.352 e. The van der Waals surface area contributed by atoms with Crippen molar-refractivity contribution >= 4 is 17.1 Å². The van der Waals surface area contributed by atoms with Crippen LogP contribution in [0.4, 0.5) is 4.39 Å². The predicted molar refractivity (Wildman–Crippen MR) is 104 cm³/mol. The van der Waals surface area contributed by atoms with Gasteiger partial charge < -0.3 is 10.3 Å². The number of aromatic amines is 1. The van der Waals surface area contributed by atoms with Crippen LogP contribution in [0.5, 0.6) is 0 Å². The molecule has 0 fully saturated rings. The highest BCUT2D eigenvalue weighted by atomic mass is 19.1. The van der Waals surface area contributed by atoms with E-state index >= 15 is 0 Å². The molecule has 6 nitrogen and oxygen atoms in total. The number of nitrogens with zero attached hydrogens (tertiary/aromatic N) is 3. The van der Waals surface area contributed by atoms with Gasteiger partial charge in [-0.15, -0.1) is 0 Å². The molecular weight excluding hydrogens is 357 g/mol. The van der Waals surface area contributed by atoms with E-state index in [1.165, 1.54) is 12.1 Å². The number of benzene rings is 1. The van der Waals surface area contributed by atoms with Gasteiger partial charge in [-0.2, -0.15) is 0 Å². The van der Waals surface area contributed by atoms with Crippen LogP contribution in [0.1, 0.15) is 22.3 Å². The molecule has 0 bridgehead atoms. The first-order valence-corrected chi connectivity index (χ1v) is 8.98. The smallest absolute Gasteiger partial charge is 0.253 e. The normalized spacial score (nSPS) is 10.9. The second-order valence-corrected chi connectivity index (χ2v) is 6.37. The first kappa shape index (κ1) is 17.8. The largest absolute Gasteiger partial charge is 0.352 e. The maximum absolute atomic E-state index is 13.1. The molecule has 0 saturated carbocycles. The Balaban J connectivity index is 1.47. The molecular formula is C21H18FN5O. The van der Waals surface area contributed by atoms with Crippen LogP contribution >= 0.6 is 0 Å². The molecule has 0 aliphatic heterocycles. The maximum Gasteiger partial charge on any atom is 0.253 e. The number of hydrogen-bond acceptors (Lipinski definition) is 4. The number of H-pyrrole nitrogens is 1. The number of imidazole rings is 1. The van der Waals surface area contributed by atoms with Crippen molar-refractivity contribution in [1.29, 1.82) is 0 Å².